The maximum absolute atomic E-state index is 12.3. The molecule has 6 heteroatoms. The van der Waals surface area contributed by atoms with Crippen LogP contribution in [0.25, 0.3) is 6.08 Å². The molecule has 34 heavy (non-hydrogen) atoms. The minimum Gasteiger partial charge on any atom is -0.490 e. The molecular formula is C28H35NO5. The first-order valence-corrected chi connectivity index (χ1v) is 12.1. The highest BCUT2D eigenvalue weighted by molar-refractivity contribution is 5.90. The number of carbonyl (C=O) groups excluding carboxylic acids is 2. The van der Waals surface area contributed by atoms with Crippen LogP contribution >= 0.6 is 0 Å². The summed E-state index contributed by atoms with van der Waals surface area (Å²) in [5.41, 5.74) is 1.83. The average Bonchev–Trinajstić information content (AvgIpc) is 2.87. The molecule has 1 fully saturated rings. The summed E-state index contributed by atoms with van der Waals surface area (Å²) in [5, 5.41) is 2.91. The third-order valence-corrected chi connectivity index (χ3v) is 5.87. The molecule has 0 saturated heterocycles. The molecule has 0 bridgehead atoms. The van der Waals surface area contributed by atoms with Crippen molar-refractivity contribution in [3.63, 3.8) is 0 Å². The first kappa shape index (κ1) is 25.3. The Hall–Kier alpha value is -3.28. The SMILES string of the molecule is CCOc1cc(/C=C/C(=O)O[C@H](C)C(=O)NCC2CCCCC2)ccc1OCc1ccccc1. The van der Waals surface area contributed by atoms with Crippen molar-refractivity contribution in [2.75, 3.05) is 13.2 Å². The lowest BCUT2D eigenvalue weighted by atomic mass is 9.89. The Bertz CT molecular complexity index is 951. The van der Waals surface area contributed by atoms with Crippen LogP contribution in [0.3, 0.4) is 0 Å². The summed E-state index contributed by atoms with van der Waals surface area (Å²) in [6, 6.07) is 15.4. The first-order chi connectivity index (χ1) is 16.5. The number of carbonyl (C=O) groups is 2. The predicted molar refractivity (Wildman–Crippen MR) is 133 cm³/mol. The van der Waals surface area contributed by atoms with E-state index in [9.17, 15) is 9.59 Å². The van der Waals surface area contributed by atoms with Crippen LogP contribution in [0.2, 0.25) is 0 Å². The van der Waals surface area contributed by atoms with Crippen molar-refractivity contribution in [2.24, 2.45) is 5.92 Å². The minimum absolute atomic E-state index is 0.258. The van der Waals surface area contributed by atoms with Crippen molar-refractivity contribution >= 4 is 18.0 Å². The van der Waals surface area contributed by atoms with Crippen LogP contribution in [0.5, 0.6) is 11.5 Å². The lowest BCUT2D eigenvalue weighted by Crippen LogP contribution is -2.38. The Balaban J connectivity index is 1.51. The number of amides is 1. The summed E-state index contributed by atoms with van der Waals surface area (Å²) in [6.07, 6.45) is 8.14. The third-order valence-electron chi connectivity index (χ3n) is 5.87. The summed E-state index contributed by atoms with van der Waals surface area (Å²) in [4.78, 5) is 24.5. The highest BCUT2D eigenvalue weighted by atomic mass is 16.5. The van der Waals surface area contributed by atoms with Crippen LogP contribution in [-0.4, -0.2) is 31.1 Å². The number of hydrogen-bond donors (Lipinski definition) is 1. The van der Waals surface area contributed by atoms with Gasteiger partial charge in [0.15, 0.2) is 17.6 Å². The Labute approximate surface area is 202 Å². The molecule has 6 nitrogen and oxygen atoms in total. The molecule has 1 N–H and O–H groups in total. The quantitative estimate of drug-likeness (QED) is 0.360. The van der Waals surface area contributed by atoms with E-state index < -0.39 is 12.1 Å². The van der Waals surface area contributed by atoms with Crippen LogP contribution in [0.1, 0.15) is 57.1 Å². The molecule has 1 atom stereocenters. The van der Waals surface area contributed by atoms with Crippen molar-refractivity contribution in [3.05, 3.63) is 65.7 Å². The van der Waals surface area contributed by atoms with E-state index in [0.717, 1.165) is 24.0 Å². The molecule has 182 valence electrons. The highest BCUT2D eigenvalue weighted by Crippen LogP contribution is 2.30. The smallest absolute Gasteiger partial charge is 0.331 e. The monoisotopic (exact) mass is 465 g/mol. The molecule has 2 aromatic rings. The Morgan fingerprint density at radius 1 is 1.03 bits per heavy atom. The number of ether oxygens (including phenoxy) is 3. The van der Waals surface area contributed by atoms with Gasteiger partial charge in [-0.2, -0.15) is 0 Å². The standard InChI is InChI=1S/C28H35NO5/c1-3-32-26-18-22(14-16-25(26)33-20-24-12-8-5-9-13-24)15-17-27(30)34-21(2)28(31)29-19-23-10-6-4-7-11-23/h5,8-9,12-18,21,23H,3-4,6-7,10-11,19-20H2,1-2H3,(H,29,31)/b17-15+/t21-/m1/s1. The first-order valence-electron chi connectivity index (χ1n) is 12.1. The highest BCUT2D eigenvalue weighted by Gasteiger charge is 2.19. The van der Waals surface area contributed by atoms with Crippen molar-refractivity contribution in [2.45, 2.75) is 58.7 Å². The van der Waals surface area contributed by atoms with Crippen LogP contribution in [-0.2, 0) is 20.9 Å². The van der Waals surface area contributed by atoms with E-state index in [1.54, 1.807) is 13.0 Å². The van der Waals surface area contributed by atoms with Gasteiger partial charge in [-0.1, -0.05) is 55.7 Å². The number of rotatable bonds is 11. The van der Waals surface area contributed by atoms with E-state index >= 15 is 0 Å². The molecule has 1 saturated carbocycles. The normalized spacial score (nSPS) is 15.0. The summed E-state index contributed by atoms with van der Waals surface area (Å²) in [5.74, 6) is 0.936. The van der Waals surface area contributed by atoms with Gasteiger partial charge in [-0.25, -0.2) is 4.79 Å². The second kappa shape index (κ2) is 13.4. The van der Waals surface area contributed by atoms with Crippen molar-refractivity contribution < 1.29 is 23.8 Å². The lowest BCUT2D eigenvalue weighted by molar-refractivity contribution is -0.150. The van der Waals surface area contributed by atoms with Gasteiger partial charge < -0.3 is 19.5 Å². The fourth-order valence-electron chi connectivity index (χ4n) is 3.96. The molecule has 1 aliphatic rings. The van der Waals surface area contributed by atoms with Gasteiger partial charge >= 0.3 is 5.97 Å². The molecule has 1 aliphatic carbocycles. The van der Waals surface area contributed by atoms with E-state index in [0.29, 0.717) is 37.2 Å². The molecule has 0 spiro atoms. The summed E-state index contributed by atoms with van der Waals surface area (Å²) in [7, 11) is 0. The summed E-state index contributed by atoms with van der Waals surface area (Å²) < 4.78 is 16.9. The Morgan fingerprint density at radius 3 is 2.53 bits per heavy atom. The second-order valence-corrected chi connectivity index (χ2v) is 8.58. The molecule has 0 heterocycles. The van der Waals surface area contributed by atoms with E-state index in [1.807, 2.05) is 55.5 Å². The molecule has 0 aliphatic heterocycles. The van der Waals surface area contributed by atoms with Crippen LogP contribution in [0.4, 0.5) is 0 Å². The fraction of sp³-hybridized carbons (Fsp3) is 0.429. The van der Waals surface area contributed by atoms with Gasteiger partial charge in [0.2, 0.25) is 0 Å². The van der Waals surface area contributed by atoms with Gasteiger partial charge in [0.25, 0.3) is 5.91 Å². The van der Waals surface area contributed by atoms with Crippen LogP contribution in [0, 0.1) is 5.92 Å². The van der Waals surface area contributed by atoms with Gasteiger partial charge in [-0.05, 0) is 61.9 Å². The van der Waals surface area contributed by atoms with Gasteiger partial charge in [-0.3, -0.25) is 4.79 Å². The van der Waals surface area contributed by atoms with Gasteiger partial charge in [0, 0.05) is 12.6 Å². The zero-order chi connectivity index (χ0) is 24.2. The van der Waals surface area contributed by atoms with Gasteiger partial charge in [0.1, 0.15) is 6.61 Å². The van der Waals surface area contributed by atoms with E-state index in [1.165, 1.54) is 25.3 Å². The predicted octanol–water partition coefficient (Wildman–Crippen LogP) is 5.31. The zero-order valence-corrected chi connectivity index (χ0v) is 20.1. The van der Waals surface area contributed by atoms with Crippen LogP contribution < -0.4 is 14.8 Å². The van der Waals surface area contributed by atoms with Crippen molar-refractivity contribution in [1.29, 1.82) is 0 Å². The maximum Gasteiger partial charge on any atom is 0.331 e. The number of esters is 1. The minimum atomic E-state index is -0.839. The third kappa shape index (κ3) is 8.25. The molecule has 2 aromatic carbocycles. The zero-order valence-electron chi connectivity index (χ0n) is 20.1. The van der Waals surface area contributed by atoms with Crippen molar-refractivity contribution in [3.8, 4) is 11.5 Å². The Kier molecular flexibility index (Phi) is 10.0. The topological polar surface area (TPSA) is 73.9 Å². The van der Waals surface area contributed by atoms with Gasteiger partial charge in [0.05, 0.1) is 6.61 Å². The molecular weight excluding hydrogens is 430 g/mol. The van der Waals surface area contributed by atoms with E-state index in [4.69, 9.17) is 14.2 Å². The largest absolute Gasteiger partial charge is 0.490 e. The van der Waals surface area contributed by atoms with E-state index in [-0.39, 0.29) is 5.91 Å². The number of nitrogens with one attached hydrogen (secondary N) is 1. The molecule has 0 radical (unpaired) electrons. The summed E-state index contributed by atoms with van der Waals surface area (Å²) in [6.45, 7) is 5.07. The number of hydrogen-bond acceptors (Lipinski definition) is 5. The fourth-order valence-corrected chi connectivity index (χ4v) is 3.96. The molecule has 3 rings (SSSR count). The molecule has 0 unspecified atom stereocenters. The Morgan fingerprint density at radius 2 is 1.79 bits per heavy atom. The lowest BCUT2D eigenvalue weighted by Gasteiger charge is -2.22. The van der Waals surface area contributed by atoms with Crippen LogP contribution in [0.15, 0.2) is 54.6 Å². The molecule has 0 aromatic heterocycles. The average molecular weight is 466 g/mol. The van der Waals surface area contributed by atoms with Crippen molar-refractivity contribution in [1.82, 2.24) is 5.32 Å². The second-order valence-electron chi connectivity index (χ2n) is 8.58. The maximum atomic E-state index is 12.3. The number of benzene rings is 2. The van der Waals surface area contributed by atoms with E-state index in [2.05, 4.69) is 5.32 Å². The summed E-state index contributed by atoms with van der Waals surface area (Å²) >= 11 is 0. The van der Waals surface area contributed by atoms with Gasteiger partial charge in [-0.15, -0.1) is 0 Å². The molecule has 1 amide bonds.